The SMILES string of the molecule is Cc1ccc(OCCOC(=O)c2ccccc2C(=O)c2ccc(Cl)cc2)cc1. The minimum absolute atomic E-state index is 0.0795. The number of benzene rings is 3. The van der Waals surface area contributed by atoms with Crippen LogP contribution < -0.4 is 4.74 Å². The summed E-state index contributed by atoms with van der Waals surface area (Å²) in [6.07, 6.45) is 0. The molecule has 0 aliphatic rings. The summed E-state index contributed by atoms with van der Waals surface area (Å²) in [4.78, 5) is 25.2. The lowest BCUT2D eigenvalue weighted by molar-refractivity contribution is 0.0448. The Balaban J connectivity index is 1.63. The highest BCUT2D eigenvalue weighted by Gasteiger charge is 2.19. The number of aryl methyl sites for hydroxylation is 1. The van der Waals surface area contributed by atoms with Crippen molar-refractivity contribution >= 4 is 23.4 Å². The van der Waals surface area contributed by atoms with Crippen molar-refractivity contribution in [2.45, 2.75) is 6.92 Å². The summed E-state index contributed by atoms with van der Waals surface area (Å²) in [6.45, 7) is 2.30. The van der Waals surface area contributed by atoms with Crippen molar-refractivity contribution in [3.63, 3.8) is 0 Å². The van der Waals surface area contributed by atoms with E-state index in [1.54, 1.807) is 48.5 Å². The predicted octanol–water partition coefficient (Wildman–Crippen LogP) is 5.12. The average molecular weight is 395 g/mol. The maximum atomic E-state index is 12.7. The summed E-state index contributed by atoms with van der Waals surface area (Å²) < 4.78 is 10.8. The van der Waals surface area contributed by atoms with Crippen LogP contribution in [0.5, 0.6) is 5.75 Å². The van der Waals surface area contributed by atoms with Crippen molar-refractivity contribution in [1.82, 2.24) is 0 Å². The first-order valence-electron chi connectivity index (χ1n) is 8.80. The van der Waals surface area contributed by atoms with Gasteiger partial charge in [0.1, 0.15) is 19.0 Å². The van der Waals surface area contributed by atoms with Gasteiger partial charge >= 0.3 is 5.97 Å². The number of hydrogen-bond acceptors (Lipinski definition) is 4. The van der Waals surface area contributed by atoms with Crippen LogP contribution in [-0.4, -0.2) is 25.0 Å². The molecule has 0 aliphatic carbocycles. The van der Waals surface area contributed by atoms with Crippen molar-refractivity contribution in [3.05, 3.63) is 100 Å². The first-order valence-corrected chi connectivity index (χ1v) is 9.18. The predicted molar refractivity (Wildman–Crippen MR) is 108 cm³/mol. The zero-order chi connectivity index (χ0) is 19.9. The molecular formula is C23H19ClO4. The second-order valence-corrected chi connectivity index (χ2v) is 6.62. The van der Waals surface area contributed by atoms with E-state index in [1.165, 1.54) is 0 Å². The van der Waals surface area contributed by atoms with E-state index in [0.29, 0.717) is 16.3 Å². The molecule has 3 aromatic carbocycles. The highest BCUT2D eigenvalue weighted by atomic mass is 35.5. The topological polar surface area (TPSA) is 52.6 Å². The molecule has 0 bridgehead atoms. The second-order valence-electron chi connectivity index (χ2n) is 6.18. The number of ether oxygens (including phenoxy) is 2. The normalized spacial score (nSPS) is 10.4. The largest absolute Gasteiger partial charge is 0.490 e. The van der Waals surface area contributed by atoms with Gasteiger partial charge in [-0.15, -0.1) is 0 Å². The summed E-state index contributed by atoms with van der Waals surface area (Å²) >= 11 is 5.87. The van der Waals surface area contributed by atoms with E-state index in [9.17, 15) is 9.59 Å². The molecule has 3 aromatic rings. The van der Waals surface area contributed by atoms with Crippen LogP contribution in [0.2, 0.25) is 5.02 Å². The van der Waals surface area contributed by atoms with Gasteiger partial charge in [-0.25, -0.2) is 4.79 Å². The van der Waals surface area contributed by atoms with Gasteiger partial charge in [-0.1, -0.05) is 47.5 Å². The van der Waals surface area contributed by atoms with Crippen LogP contribution in [0.1, 0.15) is 31.8 Å². The Morgan fingerprint density at radius 1 is 0.821 bits per heavy atom. The van der Waals surface area contributed by atoms with Gasteiger partial charge < -0.3 is 9.47 Å². The Labute approximate surface area is 168 Å². The fourth-order valence-electron chi connectivity index (χ4n) is 2.62. The molecule has 3 rings (SSSR count). The maximum absolute atomic E-state index is 12.7. The Kier molecular flexibility index (Phi) is 6.45. The molecule has 0 radical (unpaired) electrons. The quantitative estimate of drug-likeness (QED) is 0.317. The molecule has 5 heteroatoms. The molecular weight excluding hydrogens is 376 g/mol. The summed E-state index contributed by atoms with van der Waals surface area (Å²) in [5, 5.41) is 0.540. The number of carbonyl (C=O) groups excluding carboxylic acids is 2. The third-order valence-electron chi connectivity index (χ3n) is 4.10. The molecule has 0 spiro atoms. The number of esters is 1. The summed E-state index contributed by atoms with van der Waals surface area (Å²) in [5.74, 6) is -0.120. The van der Waals surface area contributed by atoms with Crippen molar-refractivity contribution in [2.75, 3.05) is 13.2 Å². The van der Waals surface area contributed by atoms with Gasteiger partial charge in [0.25, 0.3) is 0 Å². The minimum Gasteiger partial charge on any atom is -0.490 e. The lowest BCUT2D eigenvalue weighted by Gasteiger charge is -2.10. The summed E-state index contributed by atoms with van der Waals surface area (Å²) in [7, 11) is 0. The zero-order valence-corrected chi connectivity index (χ0v) is 16.1. The standard InChI is InChI=1S/C23H19ClO4/c1-16-6-12-19(13-7-16)27-14-15-28-23(26)21-5-3-2-4-20(21)22(25)17-8-10-18(24)11-9-17/h2-13H,14-15H2,1H3. The zero-order valence-electron chi connectivity index (χ0n) is 15.4. The van der Waals surface area contributed by atoms with Crippen molar-refractivity contribution in [2.24, 2.45) is 0 Å². The molecule has 0 fully saturated rings. The average Bonchev–Trinajstić information content (AvgIpc) is 2.72. The molecule has 0 aromatic heterocycles. The molecule has 0 amide bonds. The summed E-state index contributed by atoms with van der Waals surface area (Å²) in [5.41, 5.74) is 2.10. The fraction of sp³-hybridized carbons (Fsp3) is 0.130. The highest BCUT2D eigenvalue weighted by molar-refractivity contribution is 6.30. The van der Waals surface area contributed by atoms with E-state index in [0.717, 1.165) is 5.56 Å². The van der Waals surface area contributed by atoms with E-state index < -0.39 is 5.97 Å². The van der Waals surface area contributed by atoms with Crippen LogP contribution in [-0.2, 0) is 4.74 Å². The fourth-order valence-corrected chi connectivity index (χ4v) is 2.75. The van der Waals surface area contributed by atoms with E-state index in [4.69, 9.17) is 21.1 Å². The van der Waals surface area contributed by atoms with E-state index in [1.807, 2.05) is 31.2 Å². The lowest BCUT2D eigenvalue weighted by Crippen LogP contribution is -2.16. The van der Waals surface area contributed by atoms with Crippen LogP contribution in [0, 0.1) is 6.92 Å². The van der Waals surface area contributed by atoms with Crippen LogP contribution in [0.3, 0.4) is 0 Å². The Morgan fingerprint density at radius 2 is 1.46 bits per heavy atom. The molecule has 0 unspecified atom stereocenters. The van der Waals surface area contributed by atoms with Gasteiger partial charge in [-0.05, 0) is 49.4 Å². The Morgan fingerprint density at radius 3 is 2.14 bits per heavy atom. The van der Waals surface area contributed by atoms with Gasteiger partial charge in [-0.2, -0.15) is 0 Å². The number of ketones is 1. The molecule has 0 saturated carbocycles. The molecule has 142 valence electrons. The maximum Gasteiger partial charge on any atom is 0.339 e. The Hall–Kier alpha value is -3.11. The van der Waals surface area contributed by atoms with Gasteiger partial charge in [0, 0.05) is 16.1 Å². The van der Waals surface area contributed by atoms with Gasteiger partial charge in [0.15, 0.2) is 5.78 Å². The van der Waals surface area contributed by atoms with Crippen molar-refractivity contribution < 1.29 is 19.1 Å². The monoisotopic (exact) mass is 394 g/mol. The minimum atomic E-state index is -0.564. The van der Waals surface area contributed by atoms with Crippen molar-refractivity contribution in [3.8, 4) is 5.75 Å². The lowest BCUT2D eigenvalue weighted by atomic mass is 9.98. The summed E-state index contributed by atoms with van der Waals surface area (Å²) in [6, 6.07) is 20.7. The second kappa shape index (κ2) is 9.20. The smallest absolute Gasteiger partial charge is 0.339 e. The van der Waals surface area contributed by atoms with Crippen LogP contribution in [0.15, 0.2) is 72.8 Å². The third kappa shape index (κ3) is 4.99. The molecule has 0 saturated heterocycles. The van der Waals surface area contributed by atoms with E-state index in [-0.39, 0.29) is 30.1 Å². The van der Waals surface area contributed by atoms with Crippen LogP contribution in [0.25, 0.3) is 0 Å². The Bertz CT molecular complexity index is 963. The van der Waals surface area contributed by atoms with E-state index >= 15 is 0 Å². The molecule has 4 nitrogen and oxygen atoms in total. The van der Waals surface area contributed by atoms with Crippen LogP contribution in [0.4, 0.5) is 0 Å². The number of hydrogen-bond donors (Lipinski definition) is 0. The highest BCUT2D eigenvalue weighted by Crippen LogP contribution is 2.18. The van der Waals surface area contributed by atoms with Crippen LogP contribution >= 0.6 is 11.6 Å². The molecule has 28 heavy (non-hydrogen) atoms. The van der Waals surface area contributed by atoms with Crippen molar-refractivity contribution in [1.29, 1.82) is 0 Å². The number of halogens is 1. The molecule has 0 atom stereocenters. The van der Waals surface area contributed by atoms with Gasteiger partial charge in [-0.3, -0.25) is 4.79 Å². The van der Waals surface area contributed by atoms with Gasteiger partial charge in [0.05, 0.1) is 5.56 Å². The third-order valence-corrected chi connectivity index (χ3v) is 4.36. The van der Waals surface area contributed by atoms with E-state index in [2.05, 4.69) is 0 Å². The van der Waals surface area contributed by atoms with Gasteiger partial charge in [0.2, 0.25) is 0 Å². The first-order chi connectivity index (χ1) is 13.5. The number of rotatable bonds is 7. The molecule has 0 N–H and O–H groups in total. The molecule has 0 aliphatic heterocycles. The first kappa shape index (κ1) is 19.6. The number of carbonyl (C=O) groups is 2. The molecule has 0 heterocycles.